The standard InChI is InChI=1S/C12H20F3N/c1-11(6-7-11)8-16-10-4-2-9(3-5-10)12(13,14)15/h9-10,16H,2-8H2,1H3. The highest BCUT2D eigenvalue weighted by molar-refractivity contribution is 4.92. The lowest BCUT2D eigenvalue weighted by molar-refractivity contribution is -0.182. The summed E-state index contributed by atoms with van der Waals surface area (Å²) >= 11 is 0. The van der Waals surface area contributed by atoms with Crippen molar-refractivity contribution < 1.29 is 13.2 Å². The molecule has 0 aliphatic heterocycles. The van der Waals surface area contributed by atoms with Crippen LogP contribution in [0.3, 0.4) is 0 Å². The zero-order valence-corrected chi connectivity index (χ0v) is 9.74. The maximum Gasteiger partial charge on any atom is 0.391 e. The molecule has 4 heteroatoms. The number of halogens is 3. The Labute approximate surface area is 94.8 Å². The van der Waals surface area contributed by atoms with Crippen LogP contribution in [-0.4, -0.2) is 18.8 Å². The third-order valence-corrected chi connectivity index (χ3v) is 4.11. The van der Waals surface area contributed by atoms with Gasteiger partial charge in [0.1, 0.15) is 0 Å². The Morgan fingerprint density at radius 2 is 1.69 bits per heavy atom. The summed E-state index contributed by atoms with van der Waals surface area (Å²) in [7, 11) is 0. The highest BCUT2D eigenvalue weighted by Gasteiger charge is 2.42. The normalized spacial score (nSPS) is 33.8. The van der Waals surface area contributed by atoms with Crippen molar-refractivity contribution in [3.05, 3.63) is 0 Å². The lowest BCUT2D eigenvalue weighted by atomic mass is 9.85. The quantitative estimate of drug-likeness (QED) is 0.789. The van der Waals surface area contributed by atoms with Crippen molar-refractivity contribution in [2.24, 2.45) is 11.3 Å². The van der Waals surface area contributed by atoms with E-state index in [1.807, 2.05) is 0 Å². The van der Waals surface area contributed by atoms with Gasteiger partial charge in [-0.05, 0) is 43.9 Å². The average molecular weight is 235 g/mol. The molecule has 0 saturated heterocycles. The van der Waals surface area contributed by atoms with Crippen LogP contribution in [0.25, 0.3) is 0 Å². The SMILES string of the molecule is CC1(CNC2CCC(C(F)(F)F)CC2)CC1. The highest BCUT2D eigenvalue weighted by atomic mass is 19.4. The smallest absolute Gasteiger partial charge is 0.313 e. The third-order valence-electron chi connectivity index (χ3n) is 4.11. The van der Waals surface area contributed by atoms with Crippen LogP contribution >= 0.6 is 0 Å². The Morgan fingerprint density at radius 1 is 1.12 bits per heavy atom. The number of rotatable bonds is 3. The summed E-state index contributed by atoms with van der Waals surface area (Å²) < 4.78 is 37.3. The van der Waals surface area contributed by atoms with E-state index in [1.165, 1.54) is 12.8 Å². The predicted molar refractivity (Wildman–Crippen MR) is 57.1 cm³/mol. The van der Waals surface area contributed by atoms with Gasteiger partial charge in [0.05, 0.1) is 5.92 Å². The Hall–Kier alpha value is -0.250. The first-order valence-electron chi connectivity index (χ1n) is 6.19. The Morgan fingerprint density at radius 3 is 2.12 bits per heavy atom. The summed E-state index contributed by atoms with van der Waals surface area (Å²) in [5.74, 6) is -1.05. The summed E-state index contributed by atoms with van der Waals surface area (Å²) in [5.41, 5.74) is 0.445. The van der Waals surface area contributed by atoms with Gasteiger partial charge in [0.2, 0.25) is 0 Å². The van der Waals surface area contributed by atoms with Crippen molar-refractivity contribution in [3.8, 4) is 0 Å². The van der Waals surface area contributed by atoms with Crippen LogP contribution in [0.15, 0.2) is 0 Å². The van der Waals surface area contributed by atoms with E-state index in [2.05, 4.69) is 12.2 Å². The lowest BCUT2D eigenvalue weighted by Gasteiger charge is -2.31. The molecule has 2 aliphatic rings. The lowest BCUT2D eigenvalue weighted by Crippen LogP contribution is -2.39. The molecule has 2 aliphatic carbocycles. The Kier molecular flexibility index (Phi) is 3.21. The Bertz CT molecular complexity index is 237. The van der Waals surface area contributed by atoms with Crippen LogP contribution in [0.2, 0.25) is 0 Å². The van der Waals surface area contributed by atoms with Crippen molar-refractivity contribution in [1.82, 2.24) is 5.32 Å². The van der Waals surface area contributed by atoms with E-state index in [0.717, 1.165) is 6.54 Å². The molecule has 0 atom stereocenters. The van der Waals surface area contributed by atoms with E-state index in [-0.39, 0.29) is 0 Å². The number of nitrogens with one attached hydrogen (secondary N) is 1. The molecule has 0 aromatic heterocycles. The molecule has 0 unspecified atom stereocenters. The molecule has 0 heterocycles. The second kappa shape index (κ2) is 4.21. The molecule has 0 spiro atoms. The number of hydrogen-bond acceptors (Lipinski definition) is 1. The van der Waals surface area contributed by atoms with Gasteiger partial charge in [0.25, 0.3) is 0 Å². The minimum atomic E-state index is -3.98. The first-order valence-corrected chi connectivity index (χ1v) is 6.19. The second-order valence-electron chi connectivity index (χ2n) is 5.78. The summed E-state index contributed by atoms with van der Waals surface area (Å²) in [5, 5.41) is 3.43. The van der Waals surface area contributed by atoms with Crippen LogP contribution in [-0.2, 0) is 0 Å². The predicted octanol–water partition coefficient (Wildman–Crippen LogP) is 3.50. The topological polar surface area (TPSA) is 12.0 Å². The van der Waals surface area contributed by atoms with Crippen LogP contribution in [0.1, 0.15) is 45.4 Å². The zero-order chi connectivity index (χ0) is 11.8. The van der Waals surface area contributed by atoms with E-state index in [9.17, 15) is 13.2 Å². The minimum Gasteiger partial charge on any atom is -0.313 e. The maximum atomic E-state index is 12.4. The monoisotopic (exact) mass is 235 g/mol. The fraction of sp³-hybridized carbons (Fsp3) is 1.00. The fourth-order valence-electron chi connectivity index (χ4n) is 2.41. The summed E-state index contributed by atoms with van der Waals surface area (Å²) in [6.07, 6.45) is 0.513. The fourth-order valence-corrected chi connectivity index (χ4v) is 2.41. The van der Waals surface area contributed by atoms with Gasteiger partial charge in [-0.2, -0.15) is 13.2 Å². The van der Waals surface area contributed by atoms with Crippen molar-refractivity contribution in [3.63, 3.8) is 0 Å². The van der Waals surface area contributed by atoms with Gasteiger partial charge in [-0.3, -0.25) is 0 Å². The molecule has 2 saturated carbocycles. The highest BCUT2D eigenvalue weighted by Crippen LogP contribution is 2.44. The van der Waals surface area contributed by atoms with Gasteiger partial charge in [0.15, 0.2) is 0 Å². The molecule has 0 bridgehead atoms. The zero-order valence-electron chi connectivity index (χ0n) is 9.74. The van der Waals surface area contributed by atoms with Gasteiger partial charge in [-0.25, -0.2) is 0 Å². The first kappa shape index (κ1) is 12.2. The second-order valence-corrected chi connectivity index (χ2v) is 5.78. The average Bonchev–Trinajstić information content (AvgIpc) is 2.94. The molecule has 2 rings (SSSR count). The van der Waals surface area contributed by atoms with Gasteiger partial charge in [-0.15, -0.1) is 0 Å². The molecule has 0 aromatic carbocycles. The van der Waals surface area contributed by atoms with Crippen LogP contribution in [0.4, 0.5) is 13.2 Å². The van der Waals surface area contributed by atoms with Crippen LogP contribution in [0.5, 0.6) is 0 Å². The molecular weight excluding hydrogens is 215 g/mol. The summed E-state index contributed by atoms with van der Waals surface area (Å²) in [6, 6.07) is 0.316. The van der Waals surface area contributed by atoms with Gasteiger partial charge >= 0.3 is 6.18 Å². The van der Waals surface area contributed by atoms with Gasteiger partial charge in [-0.1, -0.05) is 6.92 Å². The Balaban J connectivity index is 1.69. The minimum absolute atomic E-state index is 0.303. The molecule has 94 valence electrons. The molecule has 0 radical (unpaired) electrons. The third kappa shape index (κ3) is 3.12. The van der Waals surface area contributed by atoms with Gasteiger partial charge in [0, 0.05) is 12.6 Å². The van der Waals surface area contributed by atoms with E-state index in [1.54, 1.807) is 0 Å². The van der Waals surface area contributed by atoms with Crippen molar-refractivity contribution in [1.29, 1.82) is 0 Å². The van der Waals surface area contributed by atoms with Crippen LogP contribution in [0, 0.1) is 11.3 Å². The summed E-state index contributed by atoms with van der Waals surface area (Å²) in [6.45, 7) is 3.22. The number of alkyl halides is 3. The molecule has 0 amide bonds. The van der Waals surface area contributed by atoms with E-state index in [0.29, 0.717) is 37.1 Å². The van der Waals surface area contributed by atoms with Crippen molar-refractivity contribution in [2.45, 2.75) is 57.7 Å². The van der Waals surface area contributed by atoms with Crippen molar-refractivity contribution in [2.75, 3.05) is 6.54 Å². The van der Waals surface area contributed by atoms with E-state index < -0.39 is 12.1 Å². The molecule has 16 heavy (non-hydrogen) atoms. The number of hydrogen-bond donors (Lipinski definition) is 1. The maximum absolute atomic E-state index is 12.4. The molecule has 0 aromatic rings. The molecular formula is C12H20F3N. The molecule has 2 fully saturated rings. The summed E-state index contributed by atoms with van der Waals surface area (Å²) in [4.78, 5) is 0. The van der Waals surface area contributed by atoms with Crippen LogP contribution < -0.4 is 5.32 Å². The van der Waals surface area contributed by atoms with Gasteiger partial charge < -0.3 is 5.32 Å². The van der Waals surface area contributed by atoms with E-state index >= 15 is 0 Å². The van der Waals surface area contributed by atoms with E-state index in [4.69, 9.17) is 0 Å². The first-order chi connectivity index (χ1) is 7.39. The molecule has 1 N–H and O–H groups in total. The largest absolute Gasteiger partial charge is 0.391 e. The van der Waals surface area contributed by atoms with Crippen molar-refractivity contribution >= 4 is 0 Å². The molecule has 1 nitrogen and oxygen atoms in total.